The summed E-state index contributed by atoms with van der Waals surface area (Å²) in [6.45, 7) is 5.04. The largest absolute Gasteiger partial charge is 0.496 e. The molecule has 0 fully saturated rings. The van der Waals surface area contributed by atoms with Crippen LogP contribution >= 0.6 is 0 Å². The minimum Gasteiger partial charge on any atom is -0.496 e. The number of fused-ring (bicyclic) bond motifs is 1. The highest BCUT2D eigenvalue weighted by molar-refractivity contribution is 5.91. The maximum Gasteiger partial charge on any atom is 0.343 e. The molecule has 0 bridgehead atoms. The van der Waals surface area contributed by atoms with Gasteiger partial charge >= 0.3 is 5.97 Å². The minimum absolute atomic E-state index is 0.0738. The first-order valence-electron chi connectivity index (χ1n) is 13.5. The standard InChI is InChI=1S/C32H32N4O7/c1-32(2)19-35(3)30-25(18-42-29-16-21(36(38)39)6-11-27(29)40-4)23(9-10-26(30)34-32)24-8-7-22(17-28(24)41-5)43-31(37)20-12-14-33-15-13-20/h6-17,34H,18-19H2,1-5H3. The molecule has 11 nitrogen and oxygen atoms in total. The Morgan fingerprint density at radius 3 is 2.40 bits per heavy atom. The van der Waals surface area contributed by atoms with Gasteiger partial charge in [0.1, 0.15) is 18.1 Å². The van der Waals surface area contributed by atoms with E-state index >= 15 is 0 Å². The van der Waals surface area contributed by atoms with Gasteiger partial charge < -0.3 is 29.2 Å². The zero-order valence-electron chi connectivity index (χ0n) is 24.5. The van der Waals surface area contributed by atoms with Gasteiger partial charge in [-0.1, -0.05) is 6.07 Å². The molecule has 0 aliphatic carbocycles. The van der Waals surface area contributed by atoms with E-state index in [1.54, 1.807) is 31.4 Å². The van der Waals surface area contributed by atoms with Gasteiger partial charge in [-0.2, -0.15) is 0 Å². The lowest BCUT2D eigenvalue weighted by atomic mass is 9.92. The van der Waals surface area contributed by atoms with E-state index in [0.717, 1.165) is 34.6 Å². The molecule has 5 rings (SSSR count). The van der Waals surface area contributed by atoms with Gasteiger partial charge in [0.15, 0.2) is 11.5 Å². The van der Waals surface area contributed by atoms with E-state index in [9.17, 15) is 14.9 Å². The molecule has 222 valence electrons. The number of hydrogen-bond acceptors (Lipinski definition) is 10. The fourth-order valence-electron chi connectivity index (χ4n) is 5.30. The van der Waals surface area contributed by atoms with E-state index in [0.29, 0.717) is 22.8 Å². The Bertz CT molecular complexity index is 1670. The number of methoxy groups -OCH3 is 2. The molecule has 0 radical (unpaired) electrons. The third-order valence-electron chi connectivity index (χ3n) is 7.09. The number of pyridine rings is 1. The van der Waals surface area contributed by atoms with E-state index in [-0.39, 0.29) is 23.6 Å². The fourth-order valence-corrected chi connectivity index (χ4v) is 5.30. The number of nitrogens with one attached hydrogen (secondary N) is 1. The Kier molecular flexibility index (Phi) is 8.07. The van der Waals surface area contributed by atoms with Crippen molar-refractivity contribution in [3.05, 3.63) is 94.3 Å². The molecule has 0 atom stereocenters. The van der Waals surface area contributed by atoms with Crippen molar-refractivity contribution in [3.63, 3.8) is 0 Å². The number of rotatable bonds is 9. The zero-order valence-corrected chi connectivity index (χ0v) is 24.5. The lowest BCUT2D eigenvalue weighted by Crippen LogP contribution is -2.47. The molecule has 0 unspecified atom stereocenters. The number of nitrogens with zero attached hydrogens (tertiary/aromatic N) is 3. The Labute approximate surface area is 249 Å². The van der Waals surface area contributed by atoms with Crippen molar-refractivity contribution in [1.82, 2.24) is 4.98 Å². The molecular formula is C32H32N4O7. The van der Waals surface area contributed by atoms with Crippen LogP contribution in [0.3, 0.4) is 0 Å². The van der Waals surface area contributed by atoms with Crippen LogP contribution in [-0.4, -0.2) is 49.2 Å². The smallest absolute Gasteiger partial charge is 0.343 e. The van der Waals surface area contributed by atoms with Crippen molar-refractivity contribution in [2.45, 2.75) is 26.0 Å². The topological polar surface area (TPSA) is 125 Å². The second-order valence-electron chi connectivity index (χ2n) is 10.7. The summed E-state index contributed by atoms with van der Waals surface area (Å²) in [5, 5.41) is 15.1. The summed E-state index contributed by atoms with van der Waals surface area (Å²) in [6, 6.07) is 16.6. The molecule has 4 aromatic rings. The Balaban J connectivity index is 1.56. The summed E-state index contributed by atoms with van der Waals surface area (Å²) >= 11 is 0. The van der Waals surface area contributed by atoms with Gasteiger partial charge in [-0.15, -0.1) is 0 Å². The van der Waals surface area contributed by atoms with Gasteiger partial charge in [0.25, 0.3) is 5.69 Å². The summed E-state index contributed by atoms with van der Waals surface area (Å²) in [5.41, 5.74) is 4.34. The number of aromatic nitrogens is 1. The number of likely N-dealkylation sites (N-methyl/N-ethyl adjacent to an activating group) is 1. The summed E-state index contributed by atoms with van der Waals surface area (Å²) in [4.78, 5) is 29.7. The number of esters is 1. The van der Waals surface area contributed by atoms with Crippen LogP contribution in [-0.2, 0) is 6.61 Å². The molecule has 43 heavy (non-hydrogen) atoms. The third kappa shape index (κ3) is 6.15. The molecular weight excluding hydrogens is 552 g/mol. The average Bonchev–Trinajstić information content (AvgIpc) is 2.99. The first-order chi connectivity index (χ1) is 20.6. The Morgan fingerprint density at radius 1 is 0.977 bits per heavy atom. The molecule has 1 aliphatic rings. The molecule has 0 spiro atoms. The van der Waals surface area contributed by atoms with E-state index in [4.69, 9.17) is 18.9 Å². The predicted molar refractivity (Wildman–Crippen MR) is 163 cm³/mol. The lowest BCUT2D eigenvalue weighted by Gasteiger charge is -2.41. The van der Waals surface area contributed by atoms with E-state index in [1.165, 1.54) is 37.7 Å². The molecule has 0 saturated carbocycles. The maximum absolute atomic E-state index is 12.6. The second-order valence-corrected chi connectivity index (χ2v) is 10.7. The van der Waals surface area contributed by atoms with Crippen molar-refractivity contribution in [1.29, 1.82) is 0 Å². The predicted octanol–water partition coefficient (Wildman–Crippen LogP) is 6.11. The summed E-state index contributed by atoms with van der Waals surface area (Å²) < 4.78 is 23.0. The monoisotopic (exact) mass is 584 g/mol. The summed E-state index contributed by atoms with van der Waals surface area (Å²) in [6.07, 6.45) is 3.05. The molecule has 1 aromatic heterocycles. The first kappa shape index (κ1) is 29.2. The number of carbonyl (C=O) groups excluding carboxylic acids is 1. The zero-order chi connectivity index (χ0) is 30.7. The van der Waals surface area contributed by atoms with Crippen LogP contribution in [0.15, 0.2) is 73.1 Å². The van der Waals surface area contributed by atoms with Gasteiger partial charge in [-0.25, -0.2) is 4.79 Å². The number of nitro groups is 1. The highest BCUT2D eigenvalue weighted by atomic mass is 16.6. The molecule has 3 aromatic carbocycles. The van der Waals surface area contributed by atoms with Crippen molar-refractivity contribution >= 4 is 23.0 Å². The summed E-state index contributed by atoms with van der Waals surface area (Å²) in [5.74, 6) is 0.919. The van der Waals surface area contributed by atoms with Crippen molar-refractivity contribution in [3.8, 4) is 34.1 Å². The highest BCUT2D eigenvalue weighted by Gasteiger charge is 2.31. The molecule has 1 aliphatic heterocycles. The second kappa shape index (κ2) is 11.9. The van der Waals surface area contributed by atoms with Crippen LogP contribution in [0.1, 0.15) is 29.8 Å². The van der Waals surface area contributed by atoms with E-state index in [2.05, 4.69) is 29.0 Å². The van der Waals surface area contributed by atoms with Crippen LogP contribution in [0.4, 0.5) is 17.1 Å². The summed E-state index contributed by atoms with van der Waals surface area (Å²) in [7, 11) is 5.05. The van der Waals surface area contributed by atoms with E-state index in [1.807, 2.05) is 25.2 Å². The van der Waals surface area contributed by atoms with Gasteiger partial charge in [0.05, 0.1) is 42.1 Å². The van der Waals surface area contributed by atoms with Crippen molar-refractivity contribution < 1.29 is 28.7 Å². The van der Waals surface area contributed by atoms with Gasteiger partial charge in [0.2, 0.25) is 0 Å². The van der Waals surface area contributed by atoms with E-state index < -0.39 is 10.9 Å². The Morgan fingerprint density at radius 2 is 1.70 bits per heavy atom. The normalized spacial score (nSPS) is 13.4. The average molecular weight is 585 g/mol. The maximum atomic E-state index is 12.6. The molecule has 1 N–H and O–H groups in total. The van der Waals surface area contributed by atoms with Crippen LogP contribution in [0.25, 0.3) is 11.1 Å². The van der Waals surface area contributed by atoms with Crippen molar-refractivity contribution in [2.24, 2.45) is 0 Å². The molecule has 11 heteroatoms. The van der Waals surface area contributed by atoms with Crippen LogP contribution in [0, 0.1) is 10.1 Å². The fraction of sp³-hybridized carbons (Fsp3) is 0.250. The number of carbonyl (C=O) groups is 1. The third-order valence-corrected chi connectivity index (χ3v) is 7.09. The molecule has 2 heterocycles. The quantitative estimate of drug-likeness (QED) is 0.107. The first-order valence-corrected chi connectivity index (χ1v) is 13.5. The highest BCUT2D eigenvalue weighted by Crippen LogP contribution is 2.45. The number of benzene rings is 3. The van der Waals surface area contributed by atoms with Gasteiger partial charge in [-0.05, 0) is 55.8 Å². The van der Waals surface area contributed by atoms with Crippen molar-refractivity contribution in [2.75, 3.05) is 38.0 Å². The van der Waals surface area contributed by atoms with Crippen LogP contribution < -0.4 is 29.2 Å². The minimum atomic E-state index is -0.513. The molecule has 0 saturated heterocycles. The number of non-ortho nitro benzene ring substituents is 1. The number of hydrogen-bond donors (Lipinski definition) is 1. The lowest BCUT2D eigenvalue weighted by molar-refractivity contribution is -0.385. The Hall–Kier alpha value is -5.32. The number of ether oxygens (including phenoxy) is 4. The van der Waals surface area contributed by atoms with Gasteiger partial charge in [-0.3, -0.25) is 15.1 Å². The van der Waals surface area contributed by atoms with Gasteiger partial charge in [0, 0.05) is 54.8 Å². The number of anilines is 2. The van der Waals surface area contributed by atoms with Crippen LogP contribution in [0.2, 0.25) is 0 Å². The molecule has 0 amide bonds. The SMILES string of the molecule is COc1ccc([N+](=O)[O-])cc1OCc1c(-c2ccc(OC(=O)c3ccncc3)cc2OC)ccc2c1N(C)CC(C)(C)N2. The number of nitro benzene ring substituents is 1. The van der Waals surface area contributed by atoms with Crippen LogP contribution in [0.5, 0.6) is 23.0 Å².